The average molecular weight is 335 g/mol. The Morgan fingerprint density at radius 1 is 1.26 bits per heavy atom. The molecule has 0 fully saturated rings. The Bertz CT molecular complexity index is 741. The van der Waals surface area contributed by atoms with Crippen LogP contribution in [-0.4, -0.2) is 17.4 Å². The summed E-state index contributed by atoms with van der Waals surface area (Å²) in [5, 5.41) is 13.5. The topological polar surface area (TPSA) is 81.5 Å². The Kier molecular flexibility index (Phi) is 5.18. The van der Waals surface area contributed by atoms with Crippen LogP contribution in [0.1, 0.15) is 11.1 Å². The van der Waals surface area contributed by atoms with Gasteiger partial charge in [0.2, 0.25) is 0 Å². The van der Waals surface area contributed by atoms with Crippen molar-refractivity contribution in [1.82, 2.24) is 0 Å². The number of carbonyl (C=O) groups is 1. The molecule has 1 amide bonds. The molecule has 0 atom stereocenters. The first-order chi connectivity index (χ1) is 10.9. The summed E-state index contributed by atoms with van der Waals surface area (Å²) in [5.41, 5.74) is 1.87. The zero-order chi connectivity index (χ0) is 17.0. The van der Waals surface area contributed by atoms with Gasteiger partial charge in [0.1, 0.15) is 5.75 Å². The Morgan fingerprint density at radius 2 is 1.91 bits per heavy atom. The van der Waals surface area contributed by atoms with Crippen LogP contribution in [-0.2, 0) is 4.79 Å². The predicted molar refractivity (Wildman–Crippen MR) is 88.1 cm³/mol. The fraction of sp³-hybridized carbons (Fsp3) is 0.188. The van der Waals surface area contributed by atoms with Crippen LogP contribution < -0.4 is 10.1 Å². The molecule has 0 bridgehead atoms. The van der Waals surface area contributed by atoms with Gasteiger partial charge < -0.3 is 10.1 Å². The number of ether oxygens (including phenoxy) is 1. The van der Waals surface area contributed by atoms with Crippen LogP contribution in [0.3, 0.4) is 0 Å². The minimum Gasteiger partial charge on any atom is -0.483 e. The summed E-state index contributed by atoms with van der Waals surface area (Å²) in [5.74, 6) is 0.197. The average Bonchev–Trinajstić information content (AvgIpc) is 2.48. The van der Waals surface area contributed by atoms with Gasteiger partial charge in [-0.25, -0.2) is 0 Å². The molecule has 0 saturated carbocycles. The highest BCUT2D eigenvalue weighted by atomic mass is 35.5. The number of aryl methyl sites for hydroxylation is 2. The van der Waals surface area contributed by atoms with Crippen molar-refractivity contribution in [2.75, 3.05) is 11.9 Å². The molecule has 0 aliphatic rings. The number of nitrogens with zero attached hydrogens (tertiary/aromatic N) is 1. The molecule has 0 saturated heterocycles. The van der Waals surface area contributed by atoms with Crippen LogP contribution in [0, 0.1) is 24.0 Å². The van der Waals surface area contributed by atoms with Crippen LogP contribution in [0.25, 0.3) is 0 Å². The van der Waals surface area contributed by atoms with Crippen molar-refractivity contribution in [2.24, 2.45) is 0 Å². The van der Waals surface area contributed by atoms with Gasteiger partial charge in [-0.2, -0.15) is 0 Å². The van der Waals surface area contributed by atoms with Crippen LogP contribution in [0.5, 0.6) is 5.75 Å². The molecule has 2 aromatic carbocycles. The maximum absolute atomic E-state index is 12.0. The van der Waals surface area contributed by atoms with Crippen molar-refractivity contribution in [1.29, 1.82) is 0 Å². The molecular weight excluding hydrogens is 320 g/mol. The fourth-order valence-electron chi connectivity index (χ4n) is 2.07. The lowest BCUT2D eigenvalue weighted by Gasteiger charge is -2.12. The van der Waals surface area contributed by atoms with E-state index in [1.165, 1.54) is 18.2 Å². The number of halogens is 1. The molecule has 1 N–H and O–H groups in total. The van der Waals surface area contributed by atoms with E-state index in [9.17, 15) is 14.9 Å². The van der Waals surface area contributed by atoms with Gasteiger partial charge in [-0.3, -0.25) is 14.9 Å². The number of nitro benzene ring substituents is 1. The predicted octanol–water partition coefficient (Wildman–Crippen LogP) is 3.88. The van der Waals surface area contributed by atoms with Gasteiger partial charge in [0, 0.05) is 12.1 Å². The Balaban J connectivity index is 2.06. The highest BCUT2D eigenvalue weighted by molar-refractivity contribution is 6.33. The molecule has 0 spiro atoms. The molecule has 0 aliphatic heterocycles. The summed E-state index contributed by atoms with van der Waals surface area (Å²) in [4.78, 5) is 22.2. The first-order valence-corrected chi connectivity index (χ1v) is 7.19. The minimum absolute atomic E-state index is 0.152. The van der Waals surface area contributed by atoms with E-state index in [2.05, 4.69) is 5.32 Å². The van der Waals surface area contributed by atoms with Crippen molar-refractivity contribution in [3.05, 3.63) is 62.7 Å². The lowest BCUT2D eigenvalue weighted by molar-refractivity contribution is -0.384. The number of anilines is 1. The van der Waals surface area contributed by atoms with Crippen molar-refractivity contribution >= 4 is 28.9 Å². The quantitative estimate of drug-likeness (QED) is 0.664. The van der Waals surface area contributed by atoms with Gasteiger partial charge in [-0.05, 0) is 31.0 Å². The van der Waals surface area contributed by atoms with E-state index in [1.54, 1.807) is 0 Å². The molecule has 0 aliphatic carbocycles. The smallest absolute Gasteiger partial charge is 0.271 e. The minimum atomic E-state index is -0.556. The molecule has 0 heterocycles. The van der Waals surface area contributed by atoms with E-state index in [0.29, 0.717) is 5.75 Å². The van der Waals surface area contributed by atoms with E-state index in [4.69, 9.17) is 16.3 Å². The summed E-state index contributed by atoms with van der Waals surface area (Å²) in [7, 11) is 0. The number of rotatable bonds is 5. The summed E-state index contributed by atoms with van der Waals surface area (Å²) in [6, 6.07) is 9.52. The molecule has 0 unspecified atom stereocenters. The zero-order valence-corrected chi connectivity index (χ0v) is 13.4. The monoisotopic (exact) mass is 334 g/mol. The maximum Gasteiger partial charge on any atom is 0.271 e. The Labute approximate surface area is 138 Å². The molecule has 120 valence electrons. The van der Waals surface area contributed by atoms with Gasteiger partial charge >= 0.3 is 0 Å². The van der Waals surface area contributed by atoms with E-state index in [-0.39, 0.29) is 23.0 Å². The summed E-state index contributed by atoms with van der Waals surface area (Å²) in [6.45, 7) is 3.56. The number of non-ortho nitro benzene ring substituents is 1. The third-order valence-corrected chi connectivity index (χ3v) is 3.52. The zero-order valence-electron chi connectivity index (χ0n) is 12.6. The molecular formula is C16H15ClN2O4. The number of para-hydroxylation sites is 1. The lowest BCUT2D eigenvalue weighted by Crippen LogP contribution is -2.21. The van der Waals surface area contributed by atoms with E-state index in [0.717, 1.165) is 11.1 Å². The molecule has 0 aromatic heterocycles. The molecule has 7 heteroatoms. The van der Waals surface area contributed by atoms with E-state index < -0.39 is 10.8 Å². The van der Waals surface area contributed by atoms with Crippen molar-refractivity contribution < 1.29 is 14.5 Å². The molecule has 0 radical (unpaired) electrons. The third-order valence-electron chi connectivity index (χ3n) is 3.19. The van der Waals surface area contributed by atoms with Crippen molar-refractivity contribution in [3.63, 3.8) is 0 Å². The summed E-state index contributed by atoms with van der Waals surface area (Å²) < 4.78 is 5.53. The van der Waals surface area contributed by atoms with Gasteiger partial charge in [-0.1, -0.05) is 29.8 Å². The second kappa shape index (κ2) is 7.11. The number of nitro groups is 1. The number of hydrogen-bond donors (Lipinski definition) is 1. The van der Waals surface area contributed by atoms with E-state index in [1.807, 2.05) is 32.0 Å². The van der Waals surface area contributed by atoms with Gasteiger partial charge in [0.25, 0.3) is 11.6 Å². The van der Waals surface area contributed by atoms with E-state index >= 15 is 0 Å². The standard InChI is InChI=1S/C16H15ClN2O4/c1-10-4-3-5-11(2)16(10)23-9-15(20)18-14-8-12(19(21)22)6-7-13(14)17/h3-8H,9H2,1-2H3,(H,18,20). The van der Waals surface area contributed by atoms with Crippen LogP contribution >= 0.6 is 11.6 Å². The third kappa shape index (κ3) is 4.20. The van der Waals surface area contributed by atoms with Gasteiger partial charge in [0.05, 0.1) is 15.6 Å². The summed E-state index contributed by atoms with van der Waals surface area (Å²) in [6.07, 6.45) is 0. The van der Waals surface area contributed by atoms with Crippen LogP contribution in [0.4, 0.5) is 11.4 Å². The number of carbonyl (C=O) groups excluding carboxylic acids is 1. The van der Waals surface area contributed by atoms with Crippen LogP contribution in [0.2, 0.25) is 5.02 Å². The Hall–Kier alpha value is -2.60. The second-order valence-electron chi connectivity index (χ2n) is 4.98. The number of hydrogen-bond acceptors (Lipinski definition) is 4. The number of amides is 1. The first-order valence-electron chi connectivity index (χ1n) is 6.81. The molecule has 2 rings (SSSR count). The maximum atomic E-state index is 12.0. The second-order valence-corrected chi connectivity index (χ2v) is 5.39. The first kappa shape index (κ1) is 16.8. The SMILES string of the molecule is Cc1cccc(C)c1OCC(=O)Nc1cc([N+](=O)[O-])ccc1Cl. The molecule has 6 nitrogen and oxygen atoms in total. The van der Waals surface area contributed by atoms with Crippen molar-refractivity contribution in [3.8, 4) is 5.75 Å². The normalized spacial score (nSPS) is 10.2. The summed E-state index contributed by atoms with van der Waals surface area (Å²) >= 11 is 5.93. The largest absolute Gasteiger partial charge is 0.483 e. The number of benzene rings is 2. The Morgan fingerprint density at radius 3 is 2.52 bits per heavy atom. The van der Waals surface area contributed by atoms with Gasteiger partial charge in [-0.15, -0.1) is 0 Å². The molecule has 2 aromatic rings. The van der Waals surface area contributed by atoms with Crippen molar-refractivity contribution in [2.45, 2.75) is 13.8 Å². The fourth-order valence-corrected chi connectivity index (χ4v) is 2.24. The highest BCUT2D eigenvalue weighted by Crippen LogP contribution is 2.27. The lowest BCUT2D eigenvalue weighted by atomic mass is 10.1. The van der Waals surface area contributed by atoms with Crippen LogP contribution in [0.15, 0.2) is 36.4 Å². The number of nitrogens with one attached hydrogen (secondary N) is 1. The molecule has 23 heavy (non-hydrogen) atoms. The van der Waals surface area contributed by atoms with Gasteiger partial charge in [0.15, 0.2) is 6.61 Å². The highest BCUT2D eigenvalue weighted by Gasteiger charge is 2.13.